The minimum Gasteiger partial charge on any atom is -0.337 e. The van der Waals surface area contributed by atoms with Crippen molar-refractivity contribution in [2.45, 2.75) is 52.0 Å². The molecular weight excluding hydrogens is 190 g/mol. The van der Waals surface area contributed by atoms with Gasteiger partial charge in [0.15, 0.2) is 5.82 Å². The van der Waals surface area contributed by atoms with Crippen LogP contribution >= 0.6 is 0 Å². The fraction of sp³-hybridized carbons (Fsp3) is 0.818. The maximum atomic E-state index is 6.10. The SMILES string of the molecule is CC(C)(C)Cc1noc(C2(N)CCC2)n1. The Bertz CT molecular complexity index is 347. The molecule has 0 atom stereocenters. The summed E-state index contributed by atoms with van der Waals surface area (Å²) in [6.45, 7) is 6.47. The van der Waals surface area contributed by atoms with Crippen LogP contribution in [0.3, 0.4) is 0 Å². The van der Waals surface area contributed by atoms with E-state index >= 15 is 0 Å². The zero-order valence-electron chi connectivity index (χ0n) is 9.71. The predicted octanol–water partition coefficient (Wildman–Crippen LogP) is 2.00. The average Bonchev–Trinajstić information content (AvgIpc) is 2.45. The monoisotopic (exact) mass is 209 g/mol. The van der Waals surface area contributed by atoms with Crippen LogP contribution in [0.15, 0.2) is 4.52 Å². The van der Waals surface area contributed by atoms with Crippen molar-refractivity contribution in [3.8, 4) is 0 Å². The van der Waals surface area contributed by atoms with Gasteiger partial charge in [-0.25, -0.2) is 0 Å². The third-order valence-electron chi connectivity index (χ3n) is 2.83. The fourth-order valence-electron chi connectivity index (χ4n) is 1.77. The Kier molecular flexibility index (Phi) is 2.34. The molecular formula is C11H19N3O. The molecule has 0 spiro atoms. The quantitative estimate of drug-likeness (QED) is 0.809. The molecule has 0 aliphatic heterocycles. The van der Waals surface area contributed by atoms with Crippen LogP contribution in [0.4, 0.5) is 0 Å². The summed E-state index contributed by atoms with van der Waals surface area (Å²) in [6.07, 6.45) is 3.91. The fourth-order valence-corrected chi connectivity index (χ4v) is 1.77. The predicted molar refractivity (Wildman–Crippen MR) is 57.2 cm³/mol. The molecule has 0 bridgehead atoms. The number of nitrogens with zero attached hydrogens (tertiary/aromatic N) is 2. The van der Waals surface area contributed by atoms with Gasteiger partial charge in [0.2, 0.25) is 5.89 Å². The van der Waals surface area contributed by atoms with Crippen LogP contribution in [-0.2, 0) is 12.0 Å². The standard InChI is InChI=1S/C11H19N3O/c1-10(2,3)7-8-13-9(15-14-8)11(12)5-4-6-11/h4-7,12H2,1-3H3. The maximum absolute atomic E-state index is 6.10. The molecule has 1 aliphatic carbocycles. The molecule has 4 nitrogen and oxygen atoms in total. The van der Waals surface area contributed by atoms with Crippen LogP contribution in [0.5, 0.6) is 0 Å². The Morgan fingerprint density at radius 1 is 1.40 bits per heavy atom. The zero-order valence-corrected chi connectivity index (χ0v) is 9.71. The second-order valence-corrected chi connectivity index (χ2v) is 5.76. The molecule has 0 radical (unpaired) electrons. The van der Waals surface area contributed by atoms with E-state index < -0.39 is 0 Å². The lowest BCUT2D eigenvalue weighted by molar-refractivity contribution is 0.181. The van der Waals surface area contributed by atoms with Gasteiger partial charge >= 0.3 is 0 Å². The van der Waals surface area contributed by atoms with Gasteiger partial charge in [0, 0.05) is 6.42 Å². The van der Waals surface area contributed by atoms with Crippen molar-refractivity contribution < 1.29 is 4.52 Å². The molecule has 0 unspecified atom stereocenters. The lowest BCUT2D eigenvalue weighted by Crippen LogP contribution is -2.43. The molecule has 1 heterocycles. The Hall–Kier alpha value is -0.900. The van der Waals surface area contributed by atoms with Crippen molar-refractivity contribution in [1.82, 2.24) is 10.1 Å². The van der Waals surface area contributed by atoms with Gasteiger partial charge in [-0.15, -0.1) is 0 Å². The first-order chi connectivity index (χ1) is 6.89. The summed E-state index contributed by atoms with van der Waals surface area (Å²) >= 11 is 0. The lowest BCUT2D eigenvalue weighted by atomic mass is 9.78. The highest BCUT2D eigenvalue weighted by Gasteiger charge is 2.40. The first-order valence-electron chi connectivity index (χ1n) is 5.51. The third-order valence-corrected chi connectivity index (χ3v) is 2.83. The minimum absolute atomic E-state index is 0.183. The van der Waals surface area contributed by atoms with Crippen LogP contribution < -0.4 is 5.73 Å². The van der Waals surface area contributed by atoms with Crippen molar-refractivity contribution in [3.05, 3.63) is 11.7 Å². The lowest BCUT2D eigenvalue weighted by Gasteiger charge is -2.33. The summed E-state index contributed by atoms with van der Waals surface area (Å²) in [6, 6.07) is 0. The van der Waals surface area contributed by atoms with Crippen molar-refractivity contribution in [1.29, 1.82) is 0 Å². The first-order valence-corrected chi connectivity index (χ1v) is 5.51. The van der Waals surface area contributed by atoms with Crippen molar-refractivity contribution in [2.24, 2.45) is 11.1 Å². The number of hydrogen-bond acceptors (Lipinski definition) is 4. The van der Waals surface area contributed by atoms with E-state index in [9.17, 15) is 0 Å². The summed E-state index contributed by atoms with van der Waals surface area (Å²) in [5.41, 5.74) is 5.96. The molecule has 1 saturated carbocycles. The summed E-state index contributed by atoms with van der Waals surface area (Å²) < 4.78 is 5.23. The summed E-state index contributed by atoms with van der Waals surface area (Å²) in [5.74, 6) is 1.39. The normalized spacial score (nSPS) is 20.0. The molecule has 4 heteroatoms. The van der Waals surface area contributed by atoms with Gasteiger partial charge in [0.25, 0.3) is 0 Å². The molecule has 0 amide bonds. The molecule has 0 saturated heterocycles. The smallest absolute Gasteiger partial charge is 0.246 e. The Balaban J connectivity index is 2.10. The Morgan fingerprint density at radius 2 is 2.07 bits per heavy atom. The molecule has 1 aliphatic rings. The molecule has 1 fully saturated rings. The van der Waals surface area contributed by atoms with E-state index in [1.807, 2.05) is 0 Å². The third kappa shape index (κ3) is 2.20. The van der Waals surface area contributed by atoms with Gasteiger partial charge in [-0.2, -0.15) is 4.98 Å². The maximum Gasteiger partial charge on any atom is 0.246 e. The largest absolute Gasteiger partial charge is 0.337 e. The number of rotatable bonds is 2. The number of hydrogen-bond donors (Lipinski definition) is 1. The molecule has 0 aromatic carbocycles. The number of aromatic nitrogens is 2. The van der Waals surface area contributed by atoms with E-state index in [-0.39, 0.29) is 11.0 Å². The van der Waals surface area contributed by atoms with Gasteiger partial charge in [-0.05, 0) is 24.7 Å². The van der Waals surface area contributed by atoms with E-state index in [0.717, 1.165) is 31.5 Å². The average molecular weight is 209 g/mol. The highest BCUT2D eigenvalue weighted by Crippen LogP contribution is 2.37. The van der Waals surface area contributed by atoms with Crippen LogP contribution in [-0.4, -0.2) is 10.1 Å². The van der Waals surface area contributed by atoms with Gasteiger partial charge in [0.1, 0.15) is 0 Å². The second kappa shape index (κ2) is 3.30. The minimum atomic E-state index is -0.330. The second-order valence-electron chi connectivity index (χ2n) is 5.76. The van der Waals surface area contributed by atoms with Gasteiger partial charge in [0.05, 0.1) is 5.54 Å². The zero-order chi connectivity index (χ0) is 11.1. The topological polar surface area (TPSA) is 64.9 Å². The van der Waals surface area contributed by atoms with Crippen LogP contribution in [0.25, 0.3) is 0 Å². The summed E-state index contributed by atoms with van der Waals surface area (Å²) in [7, 11) is 0. The summed E-state index contributed by atoms with van der Waals surface area (Å²) in [4.78, 5) is 4.39. The van der Waals surface area contributed by atoms with E-state index in [4.69, 9.17) is 10.3 Å². The molecule has 15 heavy (non-hydrogen) atoms. The van der Waals surface area contributed by atoms with Crippen LogP contribution in [0.1, 0.15) is 51.7 Å². The Morgan fingerprint density at radius 3 is 2.53 bits per heavy atom. The molecule has 1 aromatic rings. The number of nitrogens with two attached hydrogens (primary N) is 1. The van der Waals surface area contributed by atoms with Crippen molar-refractivity contribution in [2.75, 3.05) is 0 Å². The first kappa shape index (κ1) is 10.6. The van der Waals surface area contributed by atoms with E-state index in [2.05, 4.69) is 30.9 Å². The molecule has 1 aromatic heterocycles. The van der Waals surface area contributed by atoms with Crippen molar-refractivity contribution in [3.63, 3.8) is 0 Å². The van der Waals surface area contributed by atoms with E-state index in [0.29, 0.717) is 5.89 Å². The Labute approximate surface area is 90.2 Å². The van der Waals surface area contributed by atoms with E-state index in [1.165, 1.54) is 0 Å². The van der Waals surface area contributed by atoms with Crippen LogP contribution in [0, 0.1) is 5.41 Å². The van der Waals surface area contributed by atoms with Gasteiger partial charge in [-0.3, -0.25) is 0 Å². The molecule has 2 rings (SSSR count). The van der Waals surface area contributed by atoms with Crippen LogP contribution in [0.2, 0.25) is 0 Å². The highest BCUT2D eigenvalue weighted by atomic mass is 16.5. The van der Waals surface area contributed by atoms with Gasteiger partial charge in [-0.1, -0.05) is 25.9 Å². The van der Waals surface area contributed by atoms with Gasteiger partial charge < -0.3 is 10.3 Å². The van der Waals surface area contributed by atoms with Crippen molar-refractivity contribution >= 4 is 0 Å². The summed E-state index contributed by atoms with van der Waals surface area (Å²) in [5, 5.41) is 3.98. The van der Waals surface area contributed by atoms with E-state index in [1.54, 1.807) is 0 Å². The molecule has 2 N–H and O–H groups in total. The highest BCUT2D eigenvalue weighted by molar-refractivity contribution is 5.07. The molecule has 84 valence electrons.